The van der Waals surface area contributed by atoms with E-state index in [9.17, 15) is 4.79 Å². The number of carboxylic acid groups (broad SMARTS) is 1. The van der Waals surface area contributed by atoms with Gasteiger partial charge in [0.25, 0.3) is 0 Å². The van der Waals surface area contributed by atoms with Crippen LogP contribution in [0.1, 0.15) is 22.5 Å². The van der Waals surface area contributed by atoms with E-state index in [2.05, 4.69) is 9.88 Å². The summed E-state index contributed by atoms with van der Waals surface area (Å²) >= 11 is 0. The molecule has 1 aromatic heterocycles. The van der Waals surface area contributed by atoms with Gasteiger partial charge in [-0.05, 0) is 31.1 Å². The molecule has 1 saturated heterocycles. The van der Waals surface area contributed by atoms with Crippen molar-refractivity contribution in [1.29, 1.82) is 0 Å². The number of hydrogen-bond acceptors (Lipinski definition) is 2. The predicted molar refractivity (Wildman–Crippen MR) is 47.6 cm³/mol. The van der Waals surface area contributed by atoms with E-state index >= 15 is 0 Å². The summed E-state index contributed by atoms with van der Waals surface area (Å²) in [5.41, 5.74) is 1.33. The van der Waals surface area contributed by atoms with E-state index in [1.165, 1.54) is 6.42 Å². The first-order valence-corrected chi connectivity index (χ1v) is 4.38. The van der Waals surface area contributed by atoms with Gasteiger partial charge in [-0.25, -0.2) is 4.79 Å². The number of aromatic carboxylic acids is 1. The molecule has 1 aliphatic heterocycles. The summed E-state index contributed by atoms with van der Waals surface area (Å²) in [4.78, 5) is 15.6. The summed E-state index contributed by atoms with van der Waals surface area (Å²) in [6.07, 6.45) is 3.03. The standard InChI is InChI=1S/C9H12N2O2/c12-9(13)8-4-7(5-10-8)6-11-2-1-3-11/h4-5,10H,1-3,6H2,(H,12,13). The first-order valence-electron chi connectivity index (χ1n) is 4.38. The van der Waals surface area contributed by atoms with Gasteiger partial charge >= 0.3 is 5.97 Å². The van der Waals surface area contributed by atoms with Gasteiger partial charge < -0.3 is 10.1 Å². The van der Waals surface area contributed by atoms with Crippen molar-refractivity contribution in [2.75, 3.05) is 13.1 Å². The number of aromatic nitrogens is 1. The number of H-pyrrole nitrogens is 1. The number of hydrogen-bond donors (Lipinski definition) is 2. The molecular formula is C9H12N2O2. The molecule has 0 saturated carbocycles. The summed E-state index contributed by atoms with van der Waals surface area (Å²) in [5, 5.41) is 8.66. The number of nitrogens with one attached hydrogen (secondary N) is 1. The number of aromatic amines is 1. The minimum atomic E-state index is -0.894. The van der Waals surface area contributed by atoms with E-state index in [0.29, 0.717) is 0 Å². The Hall–Kier alpha value is -1.29. The molecule has 0 aliphatic carbocycles. The minimum absolute atomic E-state index is 0.274. The Bertz CT molecular complexity index is 315. The highest BCUT2D eigenvalue weighted by Gasteiger charge is 2.15. The van der Waals surface area contributed by atoms with Crippen molar-refractivity contribution in [1.82, 2.24) is 9.88 Å². The summed E-state index contributed by atoms with van der Waals surface area (Å²) in [5.74, 6) is -0.894. The summed E-state index contributed by atoms with van der Waals surface area (Å²) in [6.45, 7) is 3.13. The number of carbonyl (C=O) groups is 1. The third-order valence-electron chi connectivity index (χ3n) is 2.33. The van der Waals surface area contributed by atoms with Crippen molar-refractivity contribution in [3.05, 3.63) is 23.5 Å². The van der Waals surface area contributed by atoms with E-state index in [1.54, 1.807) is 12.3 Å². The molecule has 0 spiro atoms. The highest BCUT2D eigenvalue weighted by atomic mass is 16.4. The van der Waals surface area contributed by atoms with Gasteiger partial charge in [-0.2, -0.15) is 0 Å². The second kappa shape index (κ2) is 3.22. The van der Waals surface area contributed by atoms with E-state index in [0.717, 1.165) is 25.2 Å². The van der Waals surface area contributed by atoms with E-state index < -0.39 is 5.97 Å². The molecule has 4 heteroatoms. The smallest absolute Gasteiger partial charge is 0.352 e. The SMILES string of the molecule is O=C(O)c1cc(CN2CCC2)c[nH]1. The molecule has 13 heavy (non-hydrogen) atoms. The van der Waals surface area contributed by atoms with Crippen LogP contribution in [0.3, 0.4) is 0 Å². The quantitative estimate of drug-likeness (QED) is 0.727. The van der Waals surface area contributed by atoms with Crippen LogP contribution < -0.4 is 0 Å². The largest absolute Gasteiger partial charge is 0.477 e. The maximum Gasteiger partial charge on any atom is 0.352 e. The van der Waals surface area contributed by atoms with Gasteiger partial charge in [0.05, 0.1) is 0 Å². The second-order valence-electron chi connectivity index (χ2n) is 3.36. The highest BCUT2D eigenvalue weighted by molar-refractivity contribution is 5.85. The first kappa shape index (κ1) is 8.31. The van der Waals surface area contributed by atoms with Crippen LogP contribution in [0.15, 0.2) is 12.3 Å². The van der Waals surface area contributed by atoms with Crippen LogP contribution in [-0.2, 0) is 6.54 Å². The molecule has 1 aliphatic rings. The molecule has 2 heterocycles. The molecule has 2 rings (SSSR count). The zero-order valence-corrected chi connectivity index (χ0v) is 7.29. The number of nitrogens with zero attached hydrogens (tertiary/aromatic N) is 1. The fourth-order valence-electron chi connectivity index (χ4n) is 1.45. The molecule has 4 nitrogen and oxygen atoms in total. The third kappa shape index (κ3) is 1.72. The van der Waals surface area contributed by atoms with Crippen molar-refractivity contribution >= 4 is 5.97 Å². The Kier molecular flexibility index (Phi) is 2.06. The number of rotatable bonds is 3. The topological polar surface area (TPSA) is 56.3 Å². The van der Waals surface area contributed by atoms with Gasteiger partial charge in [0.15, 0.2) is 0 Å². The molecule has 0 radical (unpaired) electrons. The summed E-state index contributed by atoms with van der Waals surface area (Å²) in [7, 11) is 0. The number of carboxylic acids is 1. The van der Waals surface area contributed by atoms with Crippen LogP contribution in [0.2, 0.25) is 0 Å². The Morgan fingerprint density at radius 2 is 2.38 bits per heavy atom. The fourth-order valence-corrected chi connectivity index (χ4v) is 1.45. The Balaban J connectivity index is 2.00. The fraction of sp³-hybridized carbons (Fsp3) is 0.444. The number of likely N-dealkylation sites (tertiary alicyclic amines) is 1. The van der Waals surface area contributed by atoms with Crippen LogP contribution in [0.5, 0.6) is 0 Å². The molecule has 0 atom stereocenters. The lowest BCUT2D eigenvalue weighted by atomic mass is 10.2. The molecular weight excluding hydrogens is 168 g/mol. The van der Waals surface area contributed by atoms with Gasteiger partial charge in [-0.3, -0.25) is 4.90 Å². The van der Waals surface area contributed by atoms with Crippen LogP contribution in [-0.4, -0.2) is 34.0 Å². The zero-order chi connectivity index (χ0) is 9.26. The van der Waals surface area contributed by atoms with Crippen LogP contribution >= 0.6 is 0 Å². The van der Waals surface area contributed by atoms with Crippen molar-refractivity contribution in [2.45, 2.75) is 13.0 Å². The molecule has 0 amide bonds. The molecule has 0 bridgehead atoms. The van der Waals surface area contributed by atoms with Crippen molar-refractivity contribution in [3.8, 4) is 0 Å². The van der Waals surface area contributed by atoms with Crippen molar-refractivity contribution < 1.29 is 9.90 Å². The Morgan fingerprint density at radius 3 is 2.85 bits per heavy atom. The lowest BCUT2D eigenvalue weighted by Gasteiger charge is -2.30. The van der Waals surface area contributed by atoms with Crippen LogP contribution in [0, 0.1) is 0 Å². The van der Waals surface area contributed by atoms with Gasteiger partial charge in [-0.1, -0.05) is 0 Å². The molecule has 2 N–H and O–H groups in total. The van der Waals surface area contributed by atoms with E-state index in [1.807, 2.05) is 0 Å². The summed E-state index contributed by atoms with van der Waals surface area (Å²) < 4.78 is 0. The maximum atomic E-state index is 10.5. The first-order chi connectivity index (χ1) is 6.25. The minimum Gasteiger partial charge on any atom is -0.477 e. The Labute approximate surface area is 76.2 Å². The lowest BCUT2D eigenvalue weighted by Crippen LogP contribution is -2.36. The second-order valence-corrected chi connectivity index (χ2v) is 3.36. The van der Waals surface area contributed by atoms with Crippen LogP contribution in [0.25, 0.3) is 0 Å². The van der Waals surface area contributed by atoms with Gasteiger partial charge in [-0.15, -0.1) is 0 Å². The maximum absolute atomic E-state index is 10.5. The monoisotopic (exact) mass is 180 g/mol. The lowest BCUT2D eigenvalue weighted by molar-refractivity contribution is 0.0691. The molecule has 70 valence electrons. The predicted octanol–water partition coefficient (Wildman–Crippen LogP) is 0.919. The molecule has 0 unspecified atom stereocenters. The summed E-state index contributed by atoms with van der Waals surface area (Å²) in [6, 6.07) is 1.70. The average molecular weight is 180 g/mol. The van der Waals surface area contributed by atoms with E-state index in [-0.39, 0.29) is 5.69 Å². The normalized spacial score (nSPS) is 16.9. The van der Waals surface area contributed by atoms with Crippen molar-refractivity contribution in [3.63, 3.8) is 0 Å². The van der Waals surface area contributed by atoms with E-state index in [4.69, 9.17) is 5.11 Å². The van der Waals surface area contributed by atoms with Gasteiger partial charge in [0.1, 0.15) is 5.69 Å². The van der Waals surface area contributed by atoms with Crippen molar-refractivity contribution in [2.24, 2.45) is 0 Å². The van der Waals surface area contributed by atoms with Gasteiger partial charge in [0.2, 0.25) is 0 Å². The highest BCUT2D eigenvalue weighted by Crippen LogP contribution is 2.12. The average Bonchev–Trinajstić information content (AvgIpc) is 2.44. The van der Waals surface area contributed by atoms with Gasteiger partial charge in [0, 0.05) is 12.7 Å². The zero-order valence-electron chi connectivity index (χ0n) is 7.29. The molecule has 1 aromatic rings. The molecule has 1 fully saturated rings. The third-order valence-corrected chi connectivity index (χ3v) is 2.33. The molecule has 0 aromatic carbocycles. The van der Waals surface area contributed by atoms with Crippen LogP contribution in [0.4, 0.5) is 0 Å². The Morgan fingerprint density at radius 1 is 1.62 bits per heavy atom.